The van der Waals surface area contributed by atoms with E-state index in [0.29, 0.717) is 4.88 Å². The van der Waals surface area contributed by atoms with Crippen molar-refractivity contribution in [1.29, 1.82) is 0 Å². The Balaban J connectivity index is 1.28. The number of thiophene rings is 2. The number of carbonyl (C=O) groups is 2. The largest absolute Gasteiger partial charge is 0.361 e. The van der Waals surface area contributed by atoms with Gasteiger partial charge in [0.15, 0.2) is 0 Å². The maximum atomic E-state index is 12.5. The lowest BCUT2D eigenvalue weighted by Gasteiger charge is -2.05. The van der Waals surface area contributed by atoms with E-state index in [0.717, 1.165) is 31.3 Å². The van der Waals surface area contributed by atoms with Gasteiger partial charge in [-0.1, -0.05) is 36.4 Å². The van der Waals surface area contributed by atoms with E-state index in [1.807, 2.05) is 48.7 Å². The van der Waals surface area contributed by atoms with Crippen molar-refractivity contribution in [1.82, 2.24) is 15.8 Å². The number of H-pyrrole nitrogens is 1. The van der Waals surface area contributed by atoms with E-state index in [4.69, 9.17) is 0 Å². The summed E-state index contributed by atoms with van der Waals surface area (Å²) in [6, 6.07) is 17.8. The summed E-state index contributed by atoms with van der Waals surface area (Å²) < 4.78 is 3.40. The maximum Gasteiger partial charge on any atom is 0.279 e. The van der Waals surface area contributed by atoms with E-state index in [2.05, 4.69) is 28.0 Å². The second-order valence-corrected chi connectivity index (χ2v) is 8.58. The second-order valence-electron chi connectivity index (χ2n) is 6.44. The third-order valence-corrected chi connectivity index (χ3v) is 7.03. The molecule has 2 amide bonds. The van der Waals surface area contributed by atoms with Crippen LogP contribution >= 0.6 is 22.7 Å². The minimum absolute atomic E-state index is 0.189. The third-order valence-electron chi connectivity index (χ3n) is 4.61. The van der Waals surface area contributed by atoms with Gasteiger partial charge >= 0.3 is 0 Å². The van der Waals surface area contributed by atoms with Crippen LogP contribution in [0.4, 0.5) is 0 Å². The number of fused-ring (bicyclic) bond motifs is 4. The molecule has 3 aromatic heterocycles. The van der Waals surface area contributed by atoms with Crippen LogP contribution in [0.25, 0.3) is 30.4 Å². The summed E-state index contributed by atoms with van der Waals surface area (Å²) >= 11 is 3.11. The van der Waals surface area contributed by atoms with Gasteiger partial charge in [0, 0.05) is 31.9 Å². The zero-order valence-electron chi connectivity index (χ0n) is 14.6. The molecular formula is C21H15N3O2S2. The molecule has 3 heterocycles. The van der Waals surface area contributed by atoms with E-state index in [-0.39, 0.29) is 18.2 Å². The fourth-order valence-corrected chi connectivity index (χ4v) is 5.71. The minimum atomic E-state index is -0.301. The van der Waals surface area contributed by atoms with Gasteiger partial charge in [0.25, 0.3) is 5.91 Å². The van der Waals surface area contributed by atoms with Gasteiger partial charge in [0.05, 0.1) is 16.0 Å². The second kappa shape index (κ2) is 6.78. The summed E-state index contributed by atoms with van der Waals surface area (Å²) in [6.45, 7) is 0. The van der Waals surface area contributed by atoms with E-state index in [9.17, 15) is 9.59 Å². The van der Waals surface area contributed by atoms with Crippen molar-refractivity contribution < 1.29 is 9.59 Å². The molecule has 7 heteroatoms. The van der Waals surface area contributed by atoms with Crippen LogP contribution < -0.4 is 10.9 Å². The molecule has 0 spiro atoms. The van der Waals surface area contributed by atoms with Gasteiger partial charge < -0.3 is 4.98 Å². The first-order valence-electron chi connectivity index (χ1n) is 8.74. The lowest BCUT2D eigenvalue weighted by molar-refractivity contribution is -0.121. The number of aromatic amines is 1. The van der Waals surface area contributed by atoms with Gasteiger partial charge in [-0.25, -0.2) is 0 Å². The highest BCUT2D eigenvalue weighted by Gasteiger charge is 2.15. The van der Waals surface area contributed by atoms with Crippen molar-refractivity contribution in [2.75, 3.05) is 0 Å². The molecule has 0 unspecified atom stereocenters. The topological polar surface area (TPSA) is 74.0 Å². The molecule has 3 N–H and O–H groups in total. The van der Waals surface area contributed by atoms with Crippen molar-refractivity contribution in [3.63, 3.8) is 0 Å². The molecule has 0 fully saturated rings. The smallest absolute Gasteiger partial charge is 0.279 e. The first kappa shape index (κ1) is 17.0. The summed E-state index contributed by atoms with van der Waals surface area (Å²) in [5, 5.41) is 2.17. The van der Waals surface area contributed by atoms with Gasteiger partial charge in [-0.2, -0.15) is 0 Å². The quantitative estimate of drug-likeness (QED) is 0.384. The lowest BCUT2D eigenvalue weighted by Crippen LogP contribution is -2.42. The Bertz CT molecular complexity index is 1350. The highest BCUT2D eigenvalue weighted by molar-refractivity contribution is 7.33. The molecule has 2 aromatic carbocycles. The number of hydrogen-bond donors (Lipinski definition) is 3. The molecule has 5 rings (SSSR count). The average molecular weight is 406 g/mol. The van der Waals surface area contributed by atoms with Crippen molar-refractivity contribution in [3.05, 3.63) is 71.2 Å². The van der Waals surface area contributed by atoms with Crippen molar-refractivity contribution in [3.8, 4) is 0 Å². The highest BCUT2D eigenvalue weighted by atomic mass is 32.1. The molecule has 5 aromatic rings. The summed E-state index contributed by atoms with van der Waals surface area (Å²) in [7, 11) is 0. The van der Waals surface area contributed by atoms with Gasteiger partial charge in [-0.05, 0) is 23.8 Å². The molecule has 0 aliphatic rings. The number of carbonyl (C=O) groups excluding carboxylic acids is 2. The molecule has 0 aliphatic heterocycles. The normalized spacial score (nSPS) is 11.3. The Labute approximate surface area is 168 Å². The van der Waals surface area contributed by atoms with Crippen LogP contribution in [0.5, 0.6) is 0 Å². The third kappa shape index (κ3) is 2.94. The van der Waals surface area contributed by atoms with Crippen molar-refractivity contribution >= 4 is 64.9 Å². The molecule has 0 saturated carbocycles. The van der Waals surface area contributed by atoms with E-state index in [1.165, 1.54) is 16.0 Å². The van der Waals surface area contributed by atoms with E-state index >= 15 is 0 Å². The van der Waals surface area contributed by atoms with Gasteiger partial charge in [-0.15, -0.1) is 22.7 Å². The Hall–Kier alpha value is -3.16. The van der Waals surface area contributed by atoms with Crippen LogP contribution in [-0.2, 0) is 11.2 Å². The molecule has 138 valence electrons. The summed E-state index contributed by atoms with van der Waals surface area (Å²) in [5.41, 5.74) is 6.92. The predicted molar refractivity (Wildman–Crippen MR) is 115 cm³/mol. The lowest BCUT2D eigenvalue weighted by atomic mass is 10.1. The maximum absolute atomic E-state index is 12.5. The molecule has 0 atom stereocenters. The van der Waals surface area contributed by atoms with Crippen LogP contribution in [0.15, 0.2) is 60.8 Å². The zero-order chi connectivity index (χ0) is 19.1. The standard InChI is InChI=1S/C21H15N3O2S2/c25-19(9-12-11-22-15-7-3-1-5-13(12)15)23-24-21(26)18-10-17-20(28-18)14-6-2-4-8-16(14)27-17/h1-8,10-11,22H,9H2,(H,23,25)(H,24,26). The number of amides is 2. The summed E-state index contributed by atoms with van der Waals surface area (Å²) in [6.07, 6.45) is 2.01. The fraction of sp³-hybridized carbons (Fsp3) is 0.0476. The Kier molecular flexibility index (Phi) is 4.11. The van der Waals surface area contributed by atoms with E-state index in [1.54, 1.807) is 11.3 Å². The Morgan fingerprint density at radius 3 is 2.57 bits per heavy atom. The number of aromatic nitrogens is 1. The first-order valence-corrected chi connectivity index (χ1v) is 10.4. The summed E-state index contributed by atoms with van der Waals surface area (Å²) in [4.78, 5) is 28.4. The average Bonchev–Trinajstić information content (AvgIpc) is 3.39. The molecular weight excluding hydrogens is 390 g/mol. The number of para-hydroxylation sites is 1. The number of nitrogens with one attached hydrogen (secondary N) is 3. The zero-order valence-corrected chi connectivity index (χ0v) is 16.2. The van der Waals surface area contributed by atoms with Crippen LogP contribution in [-0.4, -0.2) is 16.8 Å². The van der Waals surface area contributed by atoms with Gasteiger partial charge in [0.1, 0.15) is 0 Å². The van der Waals surface area contributed by atoms with Crippen LogP contribution in [0.1, 0.15) is 15.2 Å². The van der Waals surface area contributed by atoms with Crippen molar-refractivity contribution in [2.45, 2.75) is 6.42 Å². The van der Waals surface area contributed by atoms with Crippen molar-refractivity contribution in [2.24, 2.45) is 0 Å². The number of hydrazine groups is 1. The Morgan fingerprint density at radius 1 is 0.893 bits per heavy atom. The molecule has 0 radical (unpaired) electrons. The summed E-state index contributed by atoms with van der Waals surface area (Å²) in [5.74, 6) is -0.563. The fourth-order valence-electron chi connectivity index (χ4n) is 3.29. The van der Waals surface area contributed by atoms with Gasteiger partial charge in [0.2, 0.25) is 5.91 Å². The number of hydrogen-bond acceptors (Lipinski definition) is 4. The van der Waals surface area contributed by atoms with Crippen LogP contribution in [0.3, 0.4) is 0 Å². The highest BCUT2D eigenvalue weighted by Crippen LogP contribution is 2.39. The predicted octanol–water partition coefficient (Wildman–Crippen LogP) is 4.60. The van der Waals surface area contributed by atoms with Gasteiger partial charge in [-0.3, -0.25) is 20.4 Å². The van der Waals surface area contributed by atoms with E-state index < -0.39 is 0 Å². The molecule has 0 bridgehead atoms. The minimum Gasteiger partial charge on any atom is -0.361 e. The Morgan fingerprint density at radius 2 is 1.68 bits per heavy atom. The van der Waals surface area contributed by atoms with Crippen LogP contribution in [0, 0.1) is 0 Å². The first-order chi connectivity index (χ1) is 13.7. The molecule has 0 saturated heterocycles. The number of benzene rings is 2. The number of rotatable bonds is 3. The molecule has 28 heavy (non-hydrogen) atoms. The monoisotopic (exact) mass is 405 g/mol. The SMILES string of the molecule is O=C(Cc1c[nH]c2ccccc12)NNC(=O)c1cc2sc3ccccc3c2s1. The molecule has 5 nitrogen and oxygen atoms in total. The molecule has 0 aliphatic carbocycles. The van der Waals surface area contributed by atoms with Crippen LogP contribution in [0.2, 0.25) is 0 Å².